The number of thiocarbonyl (C=S) groups is 1. The van der Waals surface area contributed by atoms with Crippen molar-refractivity contribution >= 4 is 29.3 Å². The molecule has 0 spiro atoms. The van der Waals surface area contributed by atoms with E-state index in [1.165, 1.54) is 31.7 Å². The molecule has 0 radical (unpaired) electrons. The van der Waals surface area contributed by atoms with Crippen molar-refractivity contribution in [3.8, 4) is 0 Å². The van der Waals surface area contributed by atoms with Crippen LogP contribution in [-0.4, -0.2) is 56.6 Å². The maximum Gasteiger partial charge on any atom is 0.340 e. The van der Waals surface area contributed by atoms with Crippen LogP contribution in [0.5, 0.6) is 0 Å². The minimum atomic E-state index is -3.17. The fourth-order valence-electron chi connectivity index (χ4n) is 7.41. The van der Waals surface area contributed by atoms with Gasteiger partial charge in [-0.3, -0.25) is 9.69 Å². The topological polar surface area (TPSA) is 76.1 Å². The lowest BCUT2D eigenvalue weighted by molar-refractivity contribution is -0.189. The Morgan fingerprint density at radius 3 is 1.87 bits per heavy atom. The number of hydrogen-bond acceptors (Lipinski definition) is 6. The Bertz CT molecular complexity index is 1490. The molecular weight excluding hydrogens is 731 g/mol. The fourth-order valence-corrected chi connectivity index (χ4v) is 7.75. The Morgan fingerprint density at radius 1 is 0.891 bits per heavy atom. The van der Waals surface area contributed by atoms with E-state index in [1.54, 1.807) is 6.08 Å². The van der Waals surface area contributed by atoms with Crippen molar-refractivity contribution in [2.75, 3.05) is 0 Å². The van der Waals surface area contributed by atoms with Crippen molar-refractivity contribution in [2.24, 2.45) is 11.8 Å². The number of halogens is 4. The van der Waals surface area contributed by atoms with Crippen LogP contribution in [0.2, 0.25) is 0 Å². The molecule has 0 bridgehead atoms. The third-order valence-corrected chi connectivity index (χ3v) is 10.3. The summed E-state index contributed by atoms with van der Waals surface area (Å²) in [5.74, 6) is -7.10. The molecule has 306 valence electrons. The molecule has 11 heteroatoms. The SMILES string of the molecule is CCCCCCCC(F)(F)CCCCCC/C=C/[C@H](C(=O)N1C(=S)OC(c2ccccc2)(c2ccccc2)[C@@H]1C(C)C)[C@@](O)(CC(F)F)C(=O)OC(C)(C)C. The molecule has 55 heavy (non-hydrogen) atoms. The molecule has 0 aliphatic carbocycles. The molecule has 2 aromatic carbocycles. The van der Waals surface area contributed by atoms with Crippen LogP contribution in [-0.2, 0) is 24.7 Å². The molecule has 1 N–H and O–H groups in total. The molecule has 2 aromatic rings. The summed E-state index contributed by atoms with van der Waals surface area (Å²) in [7, 11) is 0. The Morgan fingerprint density at radius 2 is 1.40 bits per heavy atom. The third-order valence-electron chi connectivity index (χ3n) is 10.1. The van der Waals surface area contributed by atoms with E-state index in [1.807, 2.05) is 74.5 Å². The van der Waals surface area contributed by atoms with E-state index in [9.17, 15) is 32.3 Å². The lowest BCUT2D eigenvalue weighted by Crippen LogP contribution is -2.58. The molecule has 1 aliphatic rings. The van der Waals surface area contributed by atoms with Gasteiger partial charge in [-0.15, -0.1) is 0 Å². The van der Waals surface area contributed by atoms with E-state index in [4.69, 9.17) is 21.7 Å². The second-order valence-corrected chi connectivity index (χ2v) is 16.5. The lowest BCUT2D eigenvalue weighted by atomic mass is 9.75. The molecule has 1 fully saturated rings. The number of alkyl halides is 4. The first-order chi connectivity index (χ1) is 25.9. The number of amides is 1. The molecule has 1 saturated heterocycles. The summed E-state index contributed by atoms with van der Waals surface area (Å²) in [6.07, 6.45) is 4.94. The minimum absolute atomic E-state index is 0.102. The first-order valence-electron chi connectivity index (χ1n) is 19.8. The molecule has 1 amide bonds. The highest BCUT2D eigenvalue weighted by Gasteiger charge is 2.61. The summed E-state index contributed by atoms with van der Waals surface area (Å²) in [4.78, 5) is 29.9. The van der Waals surface area contributed by atoms with Crippen LogP contribution >= 0.6 is 12.2 Å². The van der Waals surface area contributed by atoms with E-state index in [0.29, 0.717) is 49.7 Å². The van der Waals surface area contributed by atoms with E-state index < -0.39 is 59.4 Å². The standard InChI is InChI=1S/C44H61F4NO5S/c1-7-8-9-13-22-29-42(47,48)30-23-14-11-10-12-21-28-35(43(52,31-36(45)46)39(51)53-41(4,5)6)38(50)49-37(32(2)3)44(54-40(49)55,33-24-17-15-18-25-33)34-26-19-16-20-27-34/h15-21,24-28,32,35-37,52H,7-14,22-23,29-31H2,1-6H3/b28-21+/t35-,37+,43+/m1/s1. The molecule has 3 rings (SSSR count). The second kappa shape index (κ2) is 20.7. The summed E-state index contributed by atoms with van der Waals surface area (Å²) >= 11 is 5.77. The summed E-state index contributed by atoms with van der Waals surface area (Å²) in [6.45, 7) is 10.5. The number of esters is 1. The van der Waals surface area contributed by atoms with E-state index >= 15 is 0 Å². The zero-order valence-corrected chi connectivity index (χ0v) is 34.2. The number of nitrogens with zero attached hydrogens (tertiary/aromatic N) is 1. The van der Waals surface area contributed by atoms with Gasteiger partial charge in [0.25, 0.3) is 5.17 Å². The quantitative estimate of drug-likeness (QED) is 0.0421. The van der Waals surface area contributed by atoms with Crippen molar-refractivity contribution in [2.45, 2.75) is 160 Å². The Labute approximate surface area is 331 Å². The van der Waals surface area contributed by atoms with Crippen molar-refractivity contribution in [1.82, 2.24) is 4.90 Å². The van der Waals surface area contributed by atoms with E-state index in [0.717, 1.165) is 25.7 Å². The number of ether oxygens (including phenoxy) is 2. The van der Waals surface area contributed by atoms with Crippen LogP contribution in [0, 0.1) is 11.8 Å². The van der Waals surface area contributed by atoms with Crippen LogP contribution in [0.15, 0.2) is 72.8 Å². The Balaban J connectivity index is 1.93. The highest BCUT2D eigenvalue weighted by atomic mass is 32.1. The summed E-state index contributed by atoms with van der Waals surface area (Å²) in [6, 6.07) is 17.7. The predicted molar refractivity (Wildman–Crippen MR) is 213 cm³/mol. The van der Waals surface area contributed by atoms with Gasteiger partial charge in [0.1, 0.15) is 5.60 Å². The average molecular weight is 792 g/mol. The van der Waals surface area contributed by atoms with Gasteiger partial charge in [0.2, 0.25) is 18.3 Å². The van der Waals surface area contributed by atoms with Gasteiger partial charge >= 0.3 is 5.97 Å². The maximum absolute atomic E-state index is 15.0. The number of carbonyl (C=O) groups excluding carboxylic acids is 2. The first kappa shape index (κ1) is 46.1. The molecule has 1 heterocycles. The summed E-state index contributed by atoms with van der Waals surface area (Å²) in [5.41, 5.74) is -4.05. The molecule has 3 atom stereocenters. The number of carbonyl (C=O) groups is 2. The van der Waals surface area contributed by atoms with Gasteiger partial charge in [0.05, 0.1) is 12.0 Å². The first-order valence-corrected chi connectivity index (χ1v) is 20.3. The monoisotopic (exact) mass is 791 g/mol. The molecule has 6 nitrogen and oxygen atoms in total. The number of unbranched alkanes of at least 4 members (excludes halogenated alkanes) is 8. The van der Waals surface area contributed by atoms with Crippen molar-refractivity contribution in [3.05, 3.63) is 83.9 Å². The van der Waals surface area contributed by atoms with Crippen LogP contribution in [0.25, 0.3) is 0 Å². The van der Waals surface area contributed by atoms with Crippen LogP contribution in [0.1, 0.15) is 136 Å². The average Bonchev–Trinajstić information content (AvgIpc) is 3.44. The zero-order chi connectivity index (χ0) is 40.9. The molecule has 1 aliphatic heterocycles. The number of rotatable bonds is 22. The van der Waals surface area contributed by atoms with Gasteiger partial charge in [0.15, 0.2) is 11.2 Å². The zero-order valence-electron chi connectivity index (χ0n) is 33.4. The lowest BCUT2D eigenvalue weighted by Gasteiger charge is -2.40. The van der Waals surface area contributed by atoms with Gasteiger partial charge in [-0.2, -0.15) is 0 Å². The highest BCUT2D eigenvalue weighted by Crippen LogP contribution is 2.48. The molecular formula is C44H61F4NO5S. The van der Waals surface area contributed by atoms with Crippen LogP contribution in [0.4, 0.5) is 17.6 Å². The van der Waals surface area contributed by atoms with Crippen LogP contribution in [0.3, 0.4) is 0 Å². The van der Waals surface area contributed by atoms with Gasteiger partial charge in [0, 0.05) is 30.4 Å². The third kappa shape index (κ3) is 12.6. The predicted octanol–water partition coefficient (Wildman–Crippen LogP) is 11.3. The van der Waals surface area contributed by atoms with Crippen molar-refractivity contribution in [1.29, 1.82) is 0 Å². The van der Waals surface area contributed by atoms with Gasteiger partial charge in [-0.1, -0.05) is 132 Å². The number of aliphatic hydroxyl groups is 1. The number of benzene rings is 2. The van der Waals surface area contributed by atoms with Gasteiger partial charge in [-0.25, -0.2) is 22.4 Å². The Hall–Kier alpha value is -3.31. The normalized spacial score (nSPS) is 17.8. The smallest absolute Gasteiger partial charge is 0.340 e. The van der Waals surface area contributed by atoms with Crippen LogP contribution < -0.4 is 0 Å². The fraction of sp³-hybridized carbons (Fsp3) is 0.614. The van der Waals surface area contributed by atoms with Crippen molar-refractivity contribution in [3.63, 3.8) is 0 Å². The minimum Gasteiger partial charge on any atom is -0.458 e. The molecule has 0 saturated carbocycles. The largest absolute Gasteiger partial charge is 0.458 e. The Kier molecular flexibility index (Phi) is 17.4. The van der Waals surface area contributed by atoms with E-state index in [-0.39, 0.29) is 23.9 Å². The summed E-state index contributed by atoms with van der Waals surface area (Å²) in [5, 5.41) is 11.8. The number of hydrogen-bond donors (Lipinski definition) is 1. The second-order valence-electron chi connectivity index (χ2n) is 16.1. The molecule has 0 unspecified atom stereocenters. The van der Waals surface area contributed by atoms with Gasteiger partial charge in [-0.05, 0) is 64.6 Å². The highest BCUT2D eigenvalue weighted by molar-refractivity contribution is 7.80. The molecule has 0 aromatic heterocycles. The van der Waals surface area contributed by atoms with Crippen molar-refractivity contribution < 1.29 is 41.7 Å². The maximum atomic E-state index is 15.0. The van der Waals surface area contributed by atoms with E-state index in [2.05, 4.69) is 6.92 Å². The number of allylic oxidation sites excluding steroid dienone is 1. The van der Waals surface area contributed by atoms with Gasteiger partial charge < -0.3 is 14.6 Å². The summed E-state index contributed by atoms with van der Waals surface area (Å²) < 4.78 is 69.4.